The molecular weight excluding hydrogens is 320 g/mol. The van der Waals surface area contributed by atoms with Crippen molar-refractivity contribution in [2.75, 3.05) is 0 Å². The second-order valence-corrected chi connectivity index (χ2v) is 6.64. The van der Waals surface area contributed by atoms with Crippen LogP contribution < -0.4 is 4.57 Å². The lowest BCUT2D eigenvalue weighted by atomic mass is 9.97. The molecule has 2 aromatic carbocycles. The second-order valence-electron chi connectivity index (χ2n) is 6.64. The van der Waals surface area contributed by atoms with Gasteiger partial charge >= 0.3 is 0 Å². The van der Waals surface area contributed by atoms with Crippen molar-refractivity contribution in [3.8, 4) is 17.3 Å². The number of hydrogen-bond donors (Lipinski definition) is 0. The summed E-state index contributed by atoms with van der Waals surface area (Å²) < 4.78 is 40.5. The van der Waals surface area contributed by atoms with E-state index in [1.165, 1.54) is 0 Å². The molecule has 0 bridgehead atoms. The van der Waals surface area contributed by atoms with Crippen LogP contribution in [0.4, 0.5) is 0 Å². The number of fused-ring (bicyclic) bond motifs is 3. The number of furan rings is 1. The Morgan fingerprint density at radius 1 is 1.15 bits per heavy atom. The molecular formula is C23H21N2O+. The Balaban J connectivity index is 2.19. The average molecular weight is 345 g/mol. The van der Waals surface area contributed by atoms with E-state index in [1.54, 1.807) is 37.6 Å². The maximum absolute atomic E-state index is 9.54. The van der Waals surface area contributed by atoms with Crippen LogP contribution >= 0.6 is 0 Å². The van der Waals surface area contributed by atoms with Crippen molar-refractivity contribution in [2.45, 2.75) is 27.6 Å². The topological polar surface area (TPSA) is 40.8 Å². The zero-order chi connectivity index (χ0) is 22.0. The molecule has 26 heavy (non-hydrogen) atoms. The van der Waals surface area contributed by atoms with Gasteiger partial charge < -0.3 is 4.42 Å². The minimum absolute atomic E-state index is 0.158. The first-order valence-electron chi connectivity index (χ1n) is 10.4. The summed E-state index contributed by atoms with van der Waals surface area (Å²) in [5.41, 5.74) is 5.21. The molecule has 2 heterocycles. The normalized spacial score (nSPS) is 14.0. The minimum atomic E-state index is -2.30. The Morgan fingerprint density at radius 2 is 1.96 bits per heavy atom. The number of pyridine rings is 1. The van der Waals surface area contributed by atoms with Gasteiger partial charge in [-0.05, 0) is 44.0 Å². The first-order chi connectivity index (χ1) is 14.1. The molecule has 0 aliphatic rings. The van der Waals surface area contributed by atoms with Crippen LogP contribution in [0.5, 0.6) is 0 Å². The Hall–Kier alpha value is -3.12. The van der Waals surface area contributed by atoms with Crippen molar-refractivity contribution >= 4 is 21.9 Å². The molecule has 128 valence electrons. The van der Waals surface area contributed by atoms with Gasteiger partial charge in [-0.15, -0.1) is 0 Å². The fraction of sp³-hybridized carbons (Fsp3) is 0.217. The highest BCUT2D eigenvalue weighted by Crippen LogP contribution is 2.38. The van der Waals surface area contributed by atoms with E-state index in [1.807, 2.05) is 25.1 Å². The molecule has 0 spiro atoms. The molecule has 4 rings (SSSR count). The average Bonchev–Trinajstić information content (AvgIpc) is 3.06. The van der Waals surface area contributed by atoms with Crippen LogP contribution in [0.3, 0.4) is 0 Å². The van der Waals surface area contributed by atoms with Crippen molar-refractivity contribution in [3.63, 3.8) is 0 Å². The van der Waals surface area contributed by atoms with Crippen LogP contribution in [0.2, 0.25) is 0 Å². The van der Waals surface area contributed by atoms with E-state index in [-0.39, 0.29) is 11.6 Å². The van der Waals surface area contributed by atoms with Crippen LogP contribution in [0, 0.1) is 39.0 Å². The number of aromatic nitrogens is 1. The molecule has 0 aliphatic heterocycles. The summed E-state index contributed by atoms with van der Waals surface area (Å²) in [6, 6.07) is 11.6. The molecule has 0 amide bonds. The Morgan fingerprint density at radius 3 is 2.69 bits per heavy atom. The van der Waals surface area contributed by atoms with E-state index in [2.05, 4.69) is 6.07 Å². The van der Waals surface area contributed by atoms with E-state index >= 15 is 0 Å². The van der Waals surface area contributed by atoms with Crippen LogP contribution in [-0.2, 0) is 7.05 Å². The van der Waals surface area contributed by atoms with Crippen molar-refractivity contribution in [2.24, 2.45) is 7.05 Å². The maximum atomic E-state index is 9.54. The van der Waals surface area contributed by atoms with Crippen molar-refractivity contribution in [3.05, 3.63) is 64.3 Å². The number of hydrogen-bond acceptors (Lipinski definition) is 2. The third-order valence-corrected chi connectivity index (χ3v) is 5.11. The Kier molecular flexibility index (Phi) is 2.69. The number of rotatable bonds is 1. The van der Waals surface area contributed by atoms with Gasteiger partial charge in [-0.3, -0.25) is 0 Å². The van der Waals surface area contributed by atoms with E-state index in [9.17, 15) is 5.26 Å². The van der Waals surface area contributed by atoms with Crippen LogP contribution in [0.15, 0.2) is 40.8 Å². The van der Waals surface area contributed by atoms with Crippen molar-refractivity contribution < 1.29 is 14.5 Å². The molecule has 0 saturated carbocycles. The van der Waals surface area contributed by atoms with Crippen LogP contribution in [0.1, 0.15) is 33.4 Å². The van der Waals surface area contributed by atoms with Crippen LogP contribution in [0.25, 0.3) is 33.2 Å². The fourth-order valence-corrected chi connectivity index (χ4v) is 3.54. The monoisotopic (exact) mass is 345 g/mol. The molecule has 0 radical (unpaired) electrons. The third-order valence-electron chi connectivity index (χ3n) is 5.11. The Bertz CT molecular complexity index is 1360. The highest BCUT2D eigenvalue weighted by Gasteiger charge is 2.24. The lowest BCUT2D eigenvalue weighted by molar-refractivity contribution is -0.667. The number of nitriles is 1. The van der Waals surface area contributed by atoms with E-state index in [4.69, 9.17) is 9.90 Å². The first kappa shape index (κ1) is 12.3. The van der Waals surface area contributed by atoms with Gasteiger partial charge in [0.1, 0.15) is 18.2 Å². The summed E-state index contributed by atoms with van der Waals surface area (Å²) in [7, 11) is 1.78. The quantitative estimate of drug-likeness (QED) is 0.446. The molecule has 0 aliphatic carbocycles. The van der Waals surface area contributed by atoms with Gasteiger partial charge in [-0.25, -0.2) is 0 Å². The number of aryl methyl sites for hydroxylation is 1. The SMILES string of the molecule is [2H]c1c(C)c(C([2H])([2H])[2H])c(C)[n+](C)c1-c1c(C)ccc2c1oc1cccc(C#N)c12. The maximum Gasteiger partial charge on any atom is 0.216 e. The summed E-state index contributed by atoms with van der Waals surface area (Å²) in [5.74, 6) is 0. The van der Waals surface area contributed by atoms with Gasteiger partial charge in [-0.2, -0.15) is 9.83 Å². The van der Waals surface area contributed by atoms with Gasteiger partial charge in [0.05, 0.1) is 18.6 Å². The number of nitrogens with zero attached hydrogens (tertiary/aromatic N) is 2. The smallest absolute Gasteiger partial charge is 0.216 e. The second kappa shape index (κ2) is 5.71. The van der Waals surface area contributed by atoms with E-state index in [0.29, 0.717) is 33.7 Å². The number of benzene rings is 2. The van der Waals surface area contributed by atoms with Crippen LogP contribution in [-0.4, -0.2) is 0 Å². The molecule has 0 fully saturated rings. The van der Waals surface area contributed by atoms with E-state index < -0.39 is 6.85 Å². The van der Waals surface area contributed by atoms with E-state index in [0.717, 1.165) is 21.9 Å². The molecule has 2 aromatic heterocycles. The summed E-state index contributed by atoms with van der Waals surface area (Å²) in [4.78, 5) is 0. The van der Waals surface area contributed by atoms with Gasteiger partial charge in [0.25, 0.3) is 0 Å². The molecule has 0 atom stereocenters. The van der Waals surface area contributed by atoms with Gasteiger partial charge in [0.15, 0.2) is 5.69 Å². The zero-order valence-corrected chi connectivity index (χ0v) is 15.2. The van der Waals surface area contributed by atoms with Gasteiger partial charge in [0.2, 0.25) is 5.69 Å². The summed E-state index contributed by atoms with van der Waals surface area (Å²) in [6.07, 6.45) is 0. The van der Waals surface area contributed by atoms with Crippen molar-refractivity contribution in [1.82, 2.24) is 0 Å². The molecule has 3 nitrogen and oxygen atoms in total. The highest BCUT2D eigenvalue weighted by molar-refractivity contribution is 6.11. The highest BCUT2D eigenvalue weighted by atomic mass is 16.3. The predicted octanol–water partition coefficient (Wildman–Crippen LogP) is 5.18. The largest absolute Gasteiger partial charge is 0.455 e. The lowest BCUT2D eigenvalue weighted by Gasteiger charge is -2.10. The fourth-order valence-electron chi connectivity index (χ4n) is 3.54. The van der Waals surface area contributed by atoms with Gasteiger partial charge in [-0.1, -0.05) is 18.2 Å². The summed E-state index contributed by atoms with van der Waals surface area (Å²) in [6.45, 7) is 3.08. The Labute approximate surface area is 158 Å². The zero-order valence-electron chi connectivity index (χ0n) is 19.2. The molecule has 0 unspecified atom stereocenters. The third kappa shape index (κ3) is 2.16. The summed E-state index contributed by atoms with van der Waals surface area (Å²) >= 11 is 0. The van der Waals surface area contributed by atoms with Gasteiger partial charge in [0, 0.05) is 33.4 Å². The molecule has 4 aromatic rings. The first-order valence-corrected chi connectivity index (χ1v) is 8.43. The molecule has 0 N–H and O–H groups in total. The molecule has 3 heteroatoms. The lowest BCUT2D eigenvalue weighted by Crippen LogP contribution is -2.36. The molecule has 0 saturated heterocycles. The standard InChI is InChI=1S/C23H21N2O/c1-13-9-10-18-22-17(12-24)7-6-8-20(22)26-23(18)21(13)19-11-14(2)15(3)16(4)25(19)5/h6-11H,1-5H3/q+1/i3D3,11D. The minimum Gasteiger partial charge on any atom is -0.455 e. The summed E-state index contributed by atoms with van der Waals surface area (Å²) in [5, 5.41) is 11.1. The van der Waals surface area contributed by atoms with Crippen molar-refractivity contribution in [1.29, 1.82) is 5.26 Å². The predicted molar refractivity (Wildman–Crippen MR) is 104 cm³/mol.